The minimum Gasteiger partial charge on any atom is -0.354 e. The Morgan fingerprint density at radius 3 is 2.76 bits per heavy atom. The molecule has 4 amide bonds. The molecule has 1 fully saturated rings. The molecule has 4 N–H and O–H groups in total. The lowest BCUT2D eigenvalue weighted by molar-refractivity contribution is -0.122. The van der Waals surface area contributed by atoms with Gasteiger partial charge in [0.2, 0.25) is 11.8 Å². The third-order valence-corrected chi connectivity index (χ3v) is 2.43. The van der Waals surface area contributed by atoms with E-state index in [1.165, 1.54) is 0 Å². The maximum Gasteiger partial charge on any atom is 0.321 e. The Kier molecular flexibility index (Phi) is 4.89. The van der Waals surface area contributed by atoms with E-state index in [0.717, 1.165) is 0 Å². The van der Waals surface area contributed by atoms with Gasteiger partial charge in [-0.2, -0.15) is 0 Å². The molecule has 2 atom stereocenters. The second kappa shape index (κ2) is 6.19. The SMILES string of the molecule is CCNC(=O)NC(=O)C(C)NC1CNC(=O)C1. The van der Waals surface area contributed by atoms with Gasteiger partial charge in [0.25, 0.3) is 0 Å². The van der Waals surface area contributed by atoms with Crippen LogP contribution in [0.15, 0.2) is 0 Å². The first-order chi connectivity index (χ1) is 8.02. The molecule has 17 heavy (non-hydrogen) atoms. The van der Waals surface area contributed by atoms with Crippen molar-refractivity contribution in [1.82, 2.24) is 21.3 Å². The Labute approximate surface area is 99.7 Å². The summed E-state index contributed by atoms with van der Waals surface area (Å²) in [7, 11) is 0. The van der Waals surface area contributed by atoms with Crippen molar-refractivity contribution in [2.75, 3.05) is 13.1 Å². The van der Waals surface area contributed by atoms with Crippen LogP contribution in [-0.4, -0.2) is 43.0 Å². The quantitative estimate of drug-likeness (QED) is 0.492. The van der Waals surface area contributed by atoms with Gasteiger partial charge in [-0.3, -0.25) is 14.9 Å². The fourth-order valence-corrected chi connectivity index (χ4v) is 1.58. The summed E-state index contributed by atoms with van der Waals surface area (Å²) in [6.45, 7) is 4.39. The molecule has 0 spiro atoms. The number of carbonyl (C=O) groups excluding carboxylic acids is 3. The first-order valence-electron chi connectivity index (χ1n) is 5.64. The van der Waals surface area contributed by atoms with Gasteiger partial charge in [0.15, 0.2) is 0 Å². The lowest BCUT2D eigenvalue weighted by Gasteiger charge is -2.17. The molecule has 1 rings (SSSR count). The zero-order valence-corrected chi connectivity index (χ0v) is 10.0. The Morgan fingerprint density at radius 1 is 1.53 bits per heavy atom. The summed E-state index contributed by atoms with van der Waals surface area (Å²) < 4.78 is 0. The monoisotopic (exact) mass is 242 g/mol. The topological polar surface area (TPSA) is 99.3 Å². The van der Waals surface area contributed by atoms with Crippen molar-refractivity contribution in [2.24, 2.45) is 0 Å². The number of amides is 4. The van der Waals surface area contributed by atoms with E-state index in [0.29, 0.717) is 19.5 Å². The average Bonchev–Trinajstić information content (AvgIpc) is 2.64. The van der Waals surface area contributed by atoms with E-state index in [4.69, 9.17) is 0 Å². The lowest BCUT2D eigenvalue weighted by atomic mass is 10.2. The lowest BCUT2D eigenvalue weighted by Crippen LogP contribution is -2.50. The van der Waals surface area contributed by atoms with Gasteiger partial charge in [-0.25, -0.2) is 4.79 Å². The third kappa shape index (κ3) is 4.39. The van der Waals surface area contributed by atoms with E-state index in [2.05, 4.69) is 21.3 Å². The smallest absolute Gasteiger partial charge is 0.321 e. The summed E-state index contributed by atoms with van der Waals surface area (Å²) in [5.41, 5.74) is 0. The summed E-state index contributed by atoms with van der Waals surface area (Å²) >= 11 is 0. The fraction of sp³-hybridized carbons (Fsp3) is 0.700. The molecule has 0 bridgehead atoms. The van der Waals surface area contributed by atoms with Crippen LogP contribution in [0.3, 0.4) is 0 Å². The second-order valence-corrected chi connectivity index (χ2v) is 3.94. The van der Waals surface area contributed by atoms with Crippen LogP contribution in [0.2, 0.25) is 0 Å². The molecule has 0 aliphatic carbocycles. The third-order valence-electron chi connectivity index (χ3n) is 2.43. The minimum atomic E-state index is -0.518. The van der Waals surface area contributed by atoms with E-state index in [-0.39, 0.29) is 11.9 Å². The number of hydrogen-bond acceptors (Lipinski definition) is 4. The highest BCUT2D eigenvalue weighted by atomic mass is 16.2. The first-order valence-corrected chi connectivity index (χ1v) is 5.64. The maximum atomic E-state index is 11.6. The van der Waals surface area contributed by atoms with Gasteiger partial charge < -0.3 is 16.0 Å². The number of nitrogens with one attached hydrogen (secondary N) is 4. The first kappa shape index (κ1) is 13.4. The van der Waals surface area contributed by atoms with E-state index in [1.54, 1.807) is 13.8 Å². The zero-order chi connectivity index (χ0) is 12.8. The van der Waals surface area contributed by atoms with E-state index in [1.807, 2.05) is 0 Å². The zero-order valence-electron chi connectivity index (χ0n) is 10.0. The largest absolute Gasteiger partial charge is 0.354 e. The van der Waals surface area contributed by atoms with Crippen molar-refractivity contribution in [3.63, 3.8) is 0 Å². The van der Waals surface area contributed by atoms with Crippen LogP contribution in [0.5, 0.6) is 0 Å². The Balaban J connectivity index is 2.31. The standard InChI is InChI=1S/C10H18N4O3/c1-3-11-10(17)14-9(16)6(2)13-7-4-8(15)12-5-7/h6-7,13H,3-5H2,1-2H3,(H,12,15)(H2,11,14,16,17). The second-order valence-electron chi connectivity index (χ2n) is 3.94. The highest BCUT2D eigenvalue weighted by Crippen LogP contribution is 2.00. The van der Waals surface area contributed by atoms with Gasteiger partial charge in [0.05, 0.1) is 6.04 Å². The molecule has 1 heterocycles. The van der Waals surface area contributed by atoms with Gasteiger partial charge in [-0.1, -0.05) is 0 Å². The van der Waals surface area contributed by atoms with Crippen LogP contribution in [0, 0.1) is 0 Å². The predicted molar refractivity (Wildman–Crippen MR) is 61.2 cm³/mol. The minimum absolute atomic E-state index is 0.0289. The molecule has 0 aromatic heterocycles. The molecular weight excluding hydrogens is 224 g/mol. The molecule has 0 radical (unpaired) electrons. The molecule has 1 aliphatic heterocycles. The van der Waals surface area contributed by atoms with Crippen molar-refractivity contribution >= 4 is 17.8 Å². The maximum absolute atomic E-state index is 11.6. The normalized spacial score (nSPS) is 20.6. The van der Waals surface area contributed by atoms with Crippen molar-refractivity contribution in [3.05, 3.63) is 0 Å². The van der Waals surface area contributed by atoms with Gasteiger partial charge in [0.1, 0.15) is 0 Å². The molecule has 2 unspecified atom stereocenters. The number of carbonyl (C=O) groups is 3. The van der Waals surface area contributed by atoms with Gasteiger partial charge in [0, 0.05) is 25.6 Å². The summed E-state index contributed by atoms with van der Waals surface area (Å²) in [5.74, 6) is -0.436. The van der Waals surface area contributed by atoms with E-state index >= 15 is 0 Å². The van der Waals surface area contributed by atoms with Crippen molar-refractivity contribution in [1.29, 1.82) is 0 Å². The van der Waals surface area contributed by atoms with E-state index < -0.39 is 18.0 Å². The molecule has 0 aromatic carbocycles. The van der Waals surface area contributed by atoms with Gasteiger partial charge in [-0.15, -0.1) is 0 Å². The van der Waals surface area contributed by atoms with Crippen LogP contribution in [0.4, 0.5) is 4.79 Å². The van der Waals surface area contributed by atoms with Gasteiger partial charge >= 0.3 is 6.03 Å². The summed E-state index contributed by atoms with van der Waals surface area (Å²) in [5, 5.41) is 10.3. The molecule has 1 saturated heterocycles. The van der Waals surface area contributed by atoms with Crippen molar-refractivity contribution in [2.45, 2.75) is 32.4 Å². The van der Waals surface area contributed by atoms with E-state index in [9.17, 15) is 14.4 Å². The number of rotatable bonds is 4. The predicted octanol–water partition coefficient (Wildman–Crippen LogP) is -1.30. The van der Waals surface area contributed by atoms with Crippen molar-refractivity contribution < 1.29 is 14.4 Å². The Morgan fingerprint density at radius 2 is 2.24 bits per heavy atom. The Bertz CT molecular complexity index is 319. The Hall–Kier alpha value is -1.63. The molecule has 0 aromatic rings. The molecule has 7 nitrogen and oxygen atoms in total. The molecule has 1 aliphatic rings. The summed E-state index contributed by atoms with van der Waals surface area (Å²) in [6, 6.07) is -1.08. The molecule has 0 saturated carbocycles. The van der Waals surface area contributed by atoms with Crippen LogP contribution >= 0.6 is 0 Å². The average molecular weight is 242 g/mol. The number of imide groups is 1. The molecule has 96 valence electrons. The highest BCUT2D eigenvalue weighted by Gasteiger charge is 2.25. The highest BCUT2D eigenvalue weighted by molar-refractivity contribution is 5.96. The van der Waals surface area contributed by atoms with Crippen LogP contribution in [0.1, 0.15) is 20.3 Å². The van der Waals surface area contributed by atoms with Crippen LogP contribution in [-0.2, 0) is 9.59 Å². The molecular formula is C10H18N4O3. The van der Waals surface area contributed by atoms with Crippen molar-refractivity contribution in [3.8, 4) is 0 Å². The van der Waals surface area contributed by atoms with Crippen LogP contribution in [0.25, 0.3) is 0 Å². The summed E-state index contributed by atoms with van der Waals surface area (Å²) in [4.78, 5) is 33.6. The van der Waals surface area contributed by atoms with Gasteiger partial charge in [-0.05, 0) is 13.8 Å². The molecule has 7 heteroatoms. The number of urea groups is 1. The fourth-order valence-electron chi connectivity index (χ4n) is 1.58. The summed E-state index contributed by atoms with van der Waals surface area (Å²) in [6.07, 6.45) is 0.360. The van der Waals surface area contributed by atoms with Crippen LogP contribution < -0.4 is 21.3 Å². The number of hydrogen-bond donors (Lipinski definition) is 4.